The number of aromatic nitrogens is 2. The van der Waals surface area contributed by atoms with Gasteiger partial charge < -0.3 is 0 Å². The number of hydrogen-bond acceptors (Lipinski definition) is 2. The predicted octanol–water partition coefficient (Wildman–Crippen LogP) is 5.25. The van der Waals surface area contributed by atoms with Crippen LogP contribution in [0.5, 0.6) is 0 Å². The molecule has 0 amide bonds. The summed E-state index contributed by atoms with van der Waals surface area (Å²) < 4.78 is 0. The van der Waals surface area contributed by atoms with Gasteiger partial charge in [0.05, 0.1) is 5.69 Å². The van der Waals surface area contributed by atoms with Gasteiger partial charge in [-0.05, 0) is 16.8 Å². The van der Waals surface area contributed by atoms with E-state index in [2.05, 4.69) is 61.1 Å². The predicted molar refractivity (Wildman–Crippen MR) is 88.7 cm³/mol. The molecular formula is C18H17ClN2. The topological polar surface area (TPSA) is 25.8 Å². The van der Waals surface area contributed by atoms with Gasteiger partial charge in [-0.2, -0.15) is 0 Å². The molecule has 21 heavy (non-hydrogen) atoms. The van der Waals surface area contributed by atoms with Crippen molar-refractivity contribution < 1.29 is 0 Å². The molecule has 0 aliphatic rings. The second-order valence-corrected chi connectivity index (χ2v) is 6.60. The Morgan fingerprint density at radius 2 is 1.57 bits per heavy atom. The van der Waals surface area contributed by atoms with E-state index in [1.54, 1.807) is 0 Å². The number of hydrogen-bond donors (Lipinski definition) is 0. The molecule has 106 valence electrons. The van der Waals surface area contributed by atoms with Crippen molar-refractivity contribution in [3.63, 3.8) is 0 Å². The highest BCUT2D eigenvalue weighted by molar-refractivity contribution is 6.29. The third-order valence-electron chi connectivity index (χ3n) is 3.41. The number of benzene rings is 2. The van der Waals surface area contributed by atoms with E-state index in [1.165, 1.54) is 10.8 Å². The molecule has 0 radical (unpaired) electrons. The standard InChI is InChI=1S/C18H17ClN2/c1-18(2,3)17-20-15(11-16(19)21-17)14-9-8-12-6-4-5-7-13(12)10-14/h4-11H,1-3H3. The van der Waals surface area contributed by atoms with E-state index in [0.717, 1.165) is 17.1 Å². The van der Waals surface area contributed by atoms with E-state index < -0.39 is 0 Å². The minimum atomic E-state index is -0.128. The van der Waals surface area contributed by atoms with Gasteiger partial charge in [-0.1, -0.05) is 68.8 Å². The maximum Gasteiger partial charge on any atom is 0.136 e. The van der Waals surface area contributed by atoms with E-state index >= 15 is 0 Å². The van der Waals surface area contributed by atoms with Crippen LogP contribution in [0.3, 0.4) is 0 Å². The Balaban J connectivity index is 2.16. The van der Waals surface area contributed by atoms with Crippen LogP contribution in [-0.4, -0.2) is 9.97 Å². The Morgan fingerprint density at radius 1 is 0.857 bits per heavy atom. The van der Waals surface area contributed by atoms with E-state index in [-0.39, 0.29) is 5.41 Å². The van der Waals surface area contributed by atoms with Gasteiger partial charge in [0.2, 0.25) is 0 Å². The molecule has 0 unspecified atom stereocenters. The Kier molecular flexibility index (Phi) is 3.42. The Bertz CT molecular complexity index is 804. The third-order valence-corrected chi connectivity index (χ3v) is 3.60. The molecule has 2 nitrogen and oxygen atoms in total. The molecule has 3 aromatic rings. The third kappa shape index (κ3) is 2.91. The van der Waals surface area contributed by atoms with Crippen LogP contribution >= 0.6 is 11.6 Å². The fraction of sp³-hybridized carbons (Fsp3) is 0.222. The highest BCUT2D eigenvalue weighted by atomic mass is 35.5. The first-order valence-electron chi connectivity index (χ1n) is 6.98. The molecule has 0 aliphatic heterocycles. The molecule has 0 fully saturated rings. The summed E-state index contributed by atoms with van der Waals surface area (Å²) in [5.41, 5.74) is 1.80. The second-order valence-electron chi connectivity index (χ2n) is 6.21. The molecule has 0 aliphatic carbocycles. The van der Waals surface area contributed by atoms with Gasteiger partial charge in [-0.15, -0.1) is 0 Å². The van der Waals surface area contributed by atoms with Crippen molar-refractivity contribution in [2.75, 3.05) is 0 Å². The average Bonchev–Trinajstić information content (AvgIpc) is 2.45. The van der Waals surface area contributed by atoms with Crippen molar-refractivity contribution in [1.29, 1.82) is 0 Å². The van der Waals surface area contributed by atoms with Crippen molar-refractivity contribution in [1.82, 2.24) is 9.97 Å². The van der Waals surface area contributed by atoms with Crippen LogP contribution in [0.2, 0.25) is 5.15 Å². The lowest BCUT2D eigenvalue weighted by molar-refractivity contribution is 0.546. The van der Waals surface area contributed by atoms with Gasteiger partial charge in [-0.25, -0.2) is 9.97 Å². The van der Waals surface area contributed by atoms with Crippen molar-refractivity contribution in [2.45, 2.75) is 26.2 Å². The Labute approximate surface area is 129 Å². The minimum absolute atomic E-state index is 0.128. The van der Waals surface area contributed by atoms with Gasteiger partial charge >= 0.3 is 0 Å². The zero-order valence-corrected chi connectivity index (χ0v) is 13.1. The molecule has 0 spiro atoms. The summed E-state index contributed by atoms with van der Waals surface area (Å²) in [4.78, 5) is 9.03. The molecule has 1 heterocycles. The summed E-state index contributed by atoms with van der Waals surface area (Å²) in [5.74, 6) is 0.762. The first-order chi connectivity index (χ1) is 9.93. The molecule has 1 aromatic heterocycles. The fourth-order valence-electron chi connectivity index (χ4n) is 2.25. The van der Waals surface area contributed by atoms with Crippen molar-refractivity contribution in [2.24, 2.45) is 0 Å². The van der Waals surface area contributed by atoms with E-state index in [1.807, 2.05) is 18.2 Å². The molecule has 0 bridgehead atoms. The molecule has 0 N–H and O–H groups in total. The lowest BCUT2D eigenvalue weighted by atomic mass is 9.95. The zero-order chi connectivity index (χ0) is 15.0. The van der Waals surface area contributed by atoms with Crippen LogP contribution in [0.15, 0.2) is 48.5 Å². The van der Waals surface area contributed by atoms with Crippen molar-refractivity contribution >= 4 is 22.4 Å². The zero-order valence-electron chi connectivity index (χ0n) is 12.4. The number of fused-ring (bicyclic) bond motifs is 1. The van der Waals surface area contributed by atoms with Crippen LogP contribution in [-0.2, 0) is 5.41 Å². The molecule has 0 saturated carbocycles. The number of halogens is 1. The summed E-state index contributed by atoms with van der Waals surface area (Å²) in [7, 11) is 0. The molecular weight excluding hydrogens is 280 g/mol. The summed E-state index contributed by atoms with van der Waals surface area (Å²) in [5, 5.41) is 2.90. The van der Waals surface area contributed by atoms with Gasteiger partial charge in [-0.3, -0.25) is 0 Å². The first-order valence-corrected chi connectivity index (χ1v) is 7.35. The van der Waals surface area contributed by atoms with Crippen LogP contribution < -0.4 is 0 Å². The Hall–Kier alpha value is -1.93. The van der Waals surface area contributed by atoms with Crippen molar-refractivity contribution in [3.8, 4) is 11.3 Å². The fourth-order valence-corrected chi connectivity index (χ4v) is 2.43. The van der Waals surface area contributed by atoms with E-state index in [9.17, 15) is 0 Å². The Morgan fingerprint density at radius 3 is 2.29 bits per heavy atom. The average molecular weight is 297 g/mol. The van der Waals surface area contributed by atoms with Crippen LogP contribution in [0.25, 0.3) is 22.0 Å². The molecule has 3 heteroatoms. The number of nitrogens with zero attached hydrogens (tertiary/aromatic N) is 2. The molecule has 0 saturated heterocycles. The normalized spacial score (nSPS) is 11.8. The highest BCUT2D eigenvalue weighted by Gasteiger charge is 2.19. The summed E-state index contributed by atoms with van der Waals surface area (Å²) in [6.45, 7) is 6.26. The lowest BCUT2D eigenvalue weighted by Crippen LogP contribution is -2.16. The summed E-state index contributed by atoms with van der Waals surface area (Å²) in [6, 6.07) is 16.4. The first kappa shape index (κ1) is 14.0. The van der Waals surface area contributed by atoms with Gasteiger partial charge in [0.15, 0.2) is 0 Å². The summed E-state index contributed by atoms with van der Waals surface area (Å²) >= 11 is 6.17. The maximum absolute atomic E-state index is 6.17. The molecule has 3 rings (SSSR count). The van der Waals surface area contributed by atoms with Crippen LogP contribution in [0.1, 0.15) is 26.6 Å². The number of rotatable bonds is 1. The molecule has 2 aromatic carbocycles. The summed E-state index contributed by atoms with van der Waals surface area (Å²) in [6.07, 6.45) is 0. The highest BCUT2D eigenvalue weighted by Crippen LogP contribution is 2.27. The quantitative estimate of drug-likeness (QED) is 0.573. The molecule has 0 atom stereocenters. The smallest absolute Gasteiger partial charge is 0.136 e. The van der Waals surface area contributed by atoms with Crippen LogP contribution in [0, 0.1) is 0 Å². The van der Waals surface area contributed by atoms with E-state index in [4.69, 9.17) is 11.6 Å². The largest absolute Gasteiger partial charge is 0.232 e. The van der Waals surface area contributed by atoms with Crippen molar-refractivity contribution in [3.05, 3.63) is 59.5 Å². The lowest BCUT2D eigenvalue weighted by Gasteiger charge is -2.17. The second kappa shape index (κ2) is 5.12. The van der Waals surface area contributed by atoms with E-state index in [0.29, 0.717) is 5.15 Å². The SMILES string of the molecule is CC(C)(C)c1nc(Cl)cc(-c2ccc3ccccc3c2)n1. The van der Waals surface area contributed by atoms with Crippen LogP contribution in [0.4, 0.5) is 0 Å². The van der Waals surface area contributed by atoms with Gasteiger partial charge in [0, 0.05) is 17.0 Å². The van der Waals surface area contributed by atoms with Gasteiger partial charge in [0.1, 0.15) is 11.0 Å². The monoisotopic (exact) mass is 296 g/mol. The van der Waals surface area contributed by atoms with Gasteiger partial charge in [0.25, 0.3) is 0 Å². The minimum Gasteiger partial charge on any atom is -0.232 e. The maximum atomic E-state index is 6.17.